The van der Waals surface area contributed by atoms with Crippen LogP contribution < -0.4 is 5.73 Å². The second-order valence-electron chi connectivity index (χ2n) is 2.47. The lowest BCUT2D eigenvalue weighted by Crippen LogP contribution is -2.06. The average Bonchev–Trinajstić information content (AvgIpc) is 2.16. The summed E-state index contributed by atoms with van der Waals surface area (Å²) in [5.41, 5.74) is 4.63. The zero-order valence-corrected chi connectivity index (χ0v) is 6.98. The fraction of sp³-hybridized carbons (Fsp3) is 0.286. The predicted molar refractivity (Wildman–Crippen MR) is 43.7 cm³/mol. The second kappa shape index (κ2) is 4.05. The van der Waals surface area contributed by atoms with Crippen LogP contribution in [0.1, 0.15) is 17.7 Å². The summed E-state index contributed by atoms with van der Waals surface area (Å²) < 4.78 is 24.6. The molecule has 0 amide bonds. The summed E-state index contributed by atoms with van der Waals surface area (Å²) in [7, 11) is 0. The summed E-state index contributed by atoms with van der Waals surface area (Å²) in [6.07, 6.45) is -2.72. The molecule has 1 rings (SSSR count). The van der Waals surface area contributed by atoms with Crippen LogP contribution in [0.5, 0.6) is 0 Å². The molecular weight excluding hydrogens is 196 g/mol. The van der Waals surface area contributed by atoms with E-state index in [-0.39, 0.29) is 17.8 Å². The van der Waals surface area contributed by atoms with Crippen LogP contribution in [0.15, 0.2) is 12.1 Å². The molecule has 0 atom stereocenters. The van der Waals surface area contributed by atoms with Gasteiger partial charge in [-0.3, -0.25) is 0 Å². The number of nitrogens with two attached hydrogens (primary N) is 1. The molecule has 0 aromatic carbocycles. The van der Waals surface area contributed by atoms with Gasteiger partial charge in [-0.05, 0) is 16.0 Å². The van der Waals surface area contributed by atoms with Gasteiger partial charge in [-0.25, -0.2) is 8.78 Å². The molecule has 14 heavy (non-hydrogen) atoms. The molecule has 0 bridgehead atoms. The highest BCUT2D eigenvalue weighted by atomic mass is 19.3. The lowest BCUT2D eigenvalue weighted by atomic mass is 10.2. The Morgan fingerprint density at radius 3 is 2.64 bits per heavy atom. The van der Waals surface area contributed by atoms with Gasteiger partial charge in [0, 0.05) is 6.07 Å². The van der Waals surface area contributed by atoms with Crippen LogP contribution in [-0.2, 0) is 6.54 Å². The number of alkyl halides is 2. The zero-order valence-electron chi connectivity index (χ0n) is 6.98. The molecule has 0 spiro atoms. The van der Waals surface area contributed by atoms with Gasteiger partial charge in [-0.2, -0.15) is 0 Å². The smallest absolute Gasteiger partial charge is 0.358 e. The Balaban J connectivity index is 3.18. The summed E-state index contributed by atoms with van der Waals surface area (Å²) in [6.45, 7) is -0.249. The van der Waals surface area contributed by atoms with Crippen LogP contribution in [0.3, 0.4) is 0 Å². The minimum absolute atomic E-state index is 0.144. The van der Waals surface area contributed by atoms with E-state index in [0.717, 1.165) is 12.1 Å². The Morgan fingerprint density at radius 2 is 2.21 bits per heavy atom. The highest BCUT2D eigenvalue weighted by Gasteiger charge is 2.19. The first-order chi connectivity index (χ1) is 6.56. The van der Waals surface area contributed by atoms with Crippen molar-refractivity contribution in [2.45, 2.75) is 13.0 Å². The average molecular weight is 203 g/mol. The lowest BCUT2D eigenvalue weighted by Gasteiger charge is -2.01. The van der Waals surface area contributed by atoms with E-state index in [1.807, 2.05) is 0 Å². The van der Waals surface area contributed by atoms with Crippen LogP contribution >= 0.6 is 0 Å². The standard InChI is InChI=1S/C7H7F2N3O2/c8-7(9)4-1-2-6(12(13)14)11-5(4)3-10/h1-2,7H,3,10H2. The number of nitro groups is 1. The normalized spacial score (nSPS) is 10.6. The maximum Gasteiger partial charge on any atom is 0.363 e. The minimum atomic E-state index is -2.72. The lowest BCUT2D eigenvalue weighted by molar-refractivity contribution is -0.389. The van der Waals surface area contributed by atoms with E-state index in [0.29, 0.717) is 0 Å². The molecule has 0 radical (unpaired) electrons. The van der Waals surface area contributed by atoms with E-state index in [1.165, 1.54) is 0 Å². The third kappa shape index (κ3) is 1.99. The van der Waals surface area contributed by atoms with Gasteiger partial charge in [-0.15, -0.1) is 0 Å². The number of halogens is 2. The first-order valence-electron chi connectivity index (χ1n) is 3.68. The molecular formula is C7H7F2N3O2. The van der Waals surface area contributed by atoms with E-state index in [1.54, 1.807) is 0 Å². The van der Waals surface area contributed by atoms with E-state index in [4.69, 9.17) is 5.73 Å². The third-order valence-corrected chi connectivity index (χ3v) is 1.61. The Kier molecular flexibility index (Phi) is 3.03. The van der Waals surface area contributed by atoms with Crippen molar-refractivity contribution in [1.29, 1.82) is 0 Å². The second-order valence-corrected chi connectivity index (χ2v) is 2.47. The number of hydrogen-bond donors (Lipinski definition) is 1. The number of hydrogen-bond acceptors (Lipinski definition) is 4. The number of aromatic nitrogens is 1. The maximum atomic E-state index is 12.3. The van der Waals surface area contributed by atoms with Crippen LogP contribution in [0.25, 0.3) is 0 Å². The van der Waals surface area contributed by atoms with E-state index in [2.05, 4.69) is 4.98 Å². The van der Waals surface area contributed by atoms with Crippen molar-refractivity contribution < 1.29 is 13.7 Å². The monoisotopic (exact) mass is 203 g/mol. The molecule has 5 nitrogen and oxygen atoms in total. The van der Waals surface area contributed by atoms with Gasteiger partial charge in [0.15, 0.2) is 5.69 Å². The number of pyridine rings is 1. The molecule has 1 heterocycles. The zero-order chi connectivity index (χ0) is 10.7. The molecule has 76 valence electrons. The van der Waals surface area contributed by atoms with Gasteiger partial charge in [0.25, 0.3) is 6.43 Å². The third-order valence-electron chi connectivity index (χ3n) is 1.61. The van der Waals surface area contributed by atoms with E-state index in [9.17, 15) is 18.9 Å². The Bertz CT molecular complexity index is 357. The van der Waals surface area contributed by atoms with Gasteiger partial charge in [-0.1, -0.05) is 0 Å². The summed E-state index contributed by atoms with van der Waals surface area (Å²) in [4.78, 5) is 12.9. The molecule has 0 saturated heterocycles. The van der Waals surface area contributed by atoms with E-state index >= 15 is 0 Å². The molecule has 0 aliphatic rings. The fourth-order valence-corrected chi connectivity index (χ4v) is 0.964. The maximum absolute atomic E-state index is 12.3. The highest BCUT2D eigenvalue weighted by molar-refractivity contribution is 5.30. The van der Waals surface area contributed by atoms with Gasteiger partial charge in [0.1, 0.15) is 0 Å². The molecule has 0 fully saturated rings. The SMILES string of the molecule is NCc1nc([N+](=O)[O-])ccc1C(F)F. The predicted octanol–water partition coefficient (Wildman–Crippen LogP) is 1.39. The molecule has 7 heteroatoms. The Morgan fingerprint density at radius 1 is 1.57 bits per heavy atom. The van der Waals surface area contributed by atoms with Crippen molar-refractivity contribution in [3.8, 4) is 0 Å². The minimum Gasteiger partial charge on any atom is -0.358 e. The van der Waals surface area contributed by atoms with Crippen LogP contribution in [0.2, 0.25) is 0 Å². The summed E-state index contributed by atoms with van der Waals surface area (Å²) in [6, 6.07) is 1.90. The fourth-order valence-electron chi connectivity index (χ4n) is 0.964. The van der Waals surface area contributed by atoms with Crippen molar-refractivity contribution in [1.82, 2.24) is 4.98 Å². The molecule has 0 aliphatic heterocycles. The van der Waals surface area contributed by atoms with Gasteiger partial charge in [0.05, 0.1) is 12.1 Å². The van der Waals surface area contributed by atoms with E-state index < -0.39 is 17.2 Å². The van der Waals surface area contributed by atoms with Gasteiger partial charge < -0.3 is 15.8 Å². The first kappa shape index (κ1) is 10.5. The summed E-state index contributed by atoms with van der Waals surface area (Å²) in [5, 5.41) is 10.3. The van der Waals surface area contributed by atoms with Crippen molar-refractivity contribution in [2.24, 2.45) is 5.73 Å². The quantitative estimate of drug-likeness (QED) is 0.594. The molecule has 0 aliphatic carbocycles. The first-order valence-corrected chi connectivity index (χ1v) is 3.68. The number of rotatable bonds is 3. The van der Waals surface area contributed by atoms with Crippen molar-refractivity contribution in [2.75, 3.05) is 0 Å². The number of nitrogens with zero attached hydrogens (tertiary/aromatic N) is 2. The molecule has 1 aromatic rings. The van der Waals surface area contributed by atoms with Crippen molar-refractivity contribution in [3.05, 3.63) is 33.5 Å². The van der Waals surface area contributed by atoms with Gasteiger partial charge >= 0.3 is 5.82 Å². The molecule has 2 N–H and O–H groups in total. The van der Waals surface area contributed by atoms with Crippen molar-refractivity contribution in [3.63, 3.8) is 0 Å². The largest absolute Gasteiger partial charge is 0.363 e. The summed E-state index contributed by atoms with van der Waals surface area (Å²) >= 11 is 0. The Hall–Kier alpha value is -1.63. The van der Waals surface area contributed by atoms with Crippen LogP contribution in [0.4, 0.5) is 14.6 Å². The van der Waals surface area contributed by atoms with Gasteiger partial charge in [0.2, 0.25) is 0 Å². The molecule has 0 saturated carbocycles. The van der Waals surface area contributed by atoms with Crippen molar-refractivity contribution >= 4 is 5.82 Å². The molecule has 1 aromatic heterocycles. The van der Waals surface area contributed by atoms with Crippen LogP contribution in [0, 0.1) is 10.1 Å². The highest BCUT2D eigenvalue weighted by Crippen LogP contribution is 2.23. The Labute approximate surface area is 77.7 Å². The van der Waals surface area contributed by atoms with Crippen LogP contribution in [-0.4, -0.2) is 9.91 Å². The summed E-state index contributed by atoms with van der Waals surface area (Å²) in [5.74, 6) is -0.477. The topological polar surface area (TPSA) is 82.0 Å². The molecule has 0 unspecified atom stereocenters.